The number of nitrogens with one attached hydrogen (secondary N) is 2. The number of urea groups is 1. The number of methoxy groups -OCH3 is 1. The number of hydrogen-bond donors (Lipinski definition) is 2. The summed E-state index contributed by atoms with van der Waals surface area (Å²) in [4.78, 5) is 44.9. The fourth-order valence-corrected chi connectivity index (χ4v) is 10.6. The van der Waals surface area contributed by atoms with Crippen LogP contribution < -0.4 is 14.8 Å². The lowest BCUT2D eigenvalue weighted by Gasteiger charge is -2.48. The number of ether oxygens (including phenoxy) is 1. The van der Waals surface area contributed by atoms with Gasteiger partial charge >= 0.3 is 6.03 Å². The average molecular weight is 730 g/mol. The molecule has 2 unspecified atom stereocenters. The molecule has 4 amide bonds. The van der Waals surface area contributed by atoms with Crippen LogP contribution >= 0.6 is 0 Å². The second-order valence-corrected chi connectivity index (χ2v) is 18.8. The Morgan fingerprint density at radius 1 is 0.885 bits per heavy atom. The fourth-order valence-electron chi connectivity index (χ4n) is 10.0. The van der Waals surface area contributed by atoms with Crippen molar-refractivity contribution in [2.75, 3.05) is 40.3 Å². The second-order valence-electron chi connectivity index (χ2n) is 16.6. The molecule has 0 radical (unpaired) electrons. The van der Waals surface area contributed by atoms with Crippen LogP contribution in [0, 0.1) is 16.2 Å². The highest BCUT2D eigenvalue weighted by molar-refractivity contribution is 7.90. The normalized spacial score (nSPS) is 25.1. The Hall–Kier alpha value is -4.06. The van der Waals surface area contributed by atoms with Gasteiger partial charge in [0.15, 0.2) is 0 Å². The first-order valence-electron chi connectivity index (χ1n) is 19.0. The van der Waals surface area contributed by atoms with Crippen molar-refractivity contribution >= 4 is 38.8 Å². The number of hydrogen-bond acceptors (Lipinski definition) is 6. The summed E-state index contributed by atoms with van der Waals surface area (Å²) in [7, 11) is -0.504. The first-order chi connectivity index (χ1) is 24.8. The summed E-state index contributed by atoms with van der Waals surface area (Å²) < 4.78 is 35.5. The van der Waals surface area contributed by atoms with Crippen LogP contribution in [0.5, 0.6) is 5.75 Å². The van der Waals surface area contributed by atoms with Gasteiger partial charge in [-0.05, 0) is 106 Å². The van der Waals surface area contributed by atoms with Gasteiger partial charge in [0.1, 0.15) is 5.75 Å². The maximum absolute atomic E-state index is 14.8. The van der Waals surface area contributed by atoms with Crippen molar-refractivity contribution in [1.82, 2.24) is 24.4 Å². The highest BCUT2D eigenvalue weighted by atomic mass is 32.2. The number of fused-ring (bicyclic) bond motifs is 1. The number of aromatic nitrogens is 1. The number of carbonyl (C=O) groups is 3. The molecule has 278 valence electrons. The number of amides is 4. The van der Waals surface area contributed by atoms with Gasteiger partial charge in [0, 0.05) is 67.1 Å². The van der Waals surface area contributed by atoms with Crippen LogP contribution in [0.15, 0.2) is 42.5 Å². The Bertz CT molecular complexity index is 2030. The smallest absolute Gasteiger partial charge is 0.317 e. The molecule has 3 aromatic rings. The van der Waals surface area contributed by atoms with Gasteiger partial charge in [0.05, 0.1) is 23.5 Å². The second kappa shape index (κ2) is 12.5. The molecule has 0 spiro atoms. The van der Waals surface area contributed by atoms with Crippen molar-refractivity contribution in [3.63, 3.8) is 0 Å². The number of nitrogens with zero attached hydrogens (tertiary/aromatic N) is 3. The van der Waals surface area contributed by atoms with E-state index >= 15 is 0 Å². The lowest BCUT2D eigenvalue weighted by atomic mass is 9.53. The molecule has 52 heavy (non-hydrogen) atoms. The van der Waals surface area contributed by atoms with Crippen LogP contribution in [-0.2, 0) is 21.4 Å². The molecule has 3 aliphatic carbocycles. The third-order valence-corrected chi connectivity index (χ3v) is 15.0. The highest BCUT2D eigenvalue weighted by Gasteiger charge is 2.70. The van der Waals surface area contributed by atoms with Crippen molar-refractivity contribution in [2.24, 2.45) is 16.2 Å². The molecule has 0 bridgehead atoms. The minimum atomic E-state index is -3.83. The minimum absolute atomic E-state index is 0.0353. The average Bonchev–Trinajstić information content (AvgIpc) is 3.75. The molecule has 11 nitrogen and oxygen atoms in total. The fraction of sp³-hybridized carbons (Fsp3) is 0.575. The molecule has 2 N–H and O–H groups in total. The van der Waals surface area contributed by atoms with Gasteiger partial charge in [0.2, 0.25) is 15.9 Å². The standard InChI is InChI=1S/C40H51N5O6S/c1-26(2)52(49,50)42-35(46)29-12-15-31-32(20-29)45(34(28-10-13-30(51-4)14-11-28)33(31)27-8-6-5-7-9-27)21-38(16-17-38)36(47)43-22-39-18-19-40(39,23-43)25-44(24-39)37(48)41-3/h10-15,20,26-27H,5-9,16-19,21-25H2,1-4H3,(H,41,48)(H,42,46). The van der Waals surface area contributed by atoms with Crippen molar-refractivity contribution in [3.8, 4) is 17.0 Å². The summed E-state index contributed by atoms with van der Waals surface area (Å²) >= 11 is 0. The maximum Gasteiger partial charge on any atom is 0.317 e. The third kappa shape index (κ3) is 5.50. The van der Waals surface area contributed by atoms with E-state index in [0.717, 1.165) is 79.3 Å². The summed E-state index contributed by atoms with van der Waals surface area (Å²) in [5.74, 6) is 0.603. The number of sulfonamides is 1. The number of rotatable bonds is 9. The summed E-state index contributed by atoms with van der Waals surface area (Å²) in [5, 5.41) is 3.08. The van der Waals surface area contributed by atoms with Crippen molar-refractivity contribution in [3.05, 3.63) is 53.6 Å². The van der Waals surface area contributed by atoms with E-state index < -0.39 is 26.6 Å². The first-order valence-corrected chi connectivity index (χ1v) is 20.5. The van der Waals surface area contributed by atoms with Gasteiger partial charge < -0.3 is 24.4 Å². The van der Waals surface area contributed by atoms with Crippen LogP contribution in [0.25, 0.3) is 22.2 Å². The summed E-state index contributed by atoms with van der Waals surface area (Å²) in [5.41, 5.74) is 3.79. The van der Waals surface area contributed by atoms with Gasteiger partial charge in [-0.2, -0.15) is 0 Å². The van der Waals surface area contributed by atoms with E-state index in [1.54, 1.807) is 34.1 Å². The highest BCUT2D eigenvalue weighted by Crippen LogP contribution is 2.66. The maximum atomic E-state index is 14.8. The van der Waals surface area contributed by atoms with Gasteiger partial charge in [-0.1, -0.05) is 25.3 Å². The van der Waals surface area contributed by atoms with Gasteiger partial charge in [-0.25, -0.2) is 17.9 Å². The van der Waals surface area contributed by atoms with Gasteiger partial charge in [-0.15, -0.1) is 0 Å². The zero-order valence-electron chi connectivity index (χ0n) is 30.8. The Labute approximate surface area is 306 Å². The molecule has 2 aliphatic heterocycles. The van der Waals surface area contributed by atoms with E-state index in [2.05, 4.69) is 31.6 Å². The van der Waals surface area contributed by atoms with Crippen LogP contribution in [0.2, 0.25) is 0 Å². The SMILES string of the molecule is CNC(=O)N1CC23CCC2(C1)CN(C(=O)C1(Cn2c(-c4ccc(OC)cc4)c(C4CCCCC4)c4ccc(C(=O)NS(=O)(=O)C(C)C)cc42)CC1)C3. The van der Waals surface area contributed by atoms with Crippen LogP contribution in [0.3, 0.4) is 0 Å². The van der Waals surface area contributed by atoms with Crippen molar-refractivity contribution in [2.45, 2.75) is 89.3 Å². The summed E-state index contributed by atoms with van der Waals surface area (Å²) in [6.45, 7) is 6.30. The van der Waals surface area contributed by atoms with E-state index in [0.29, 0.717) is 38.6 Å². The molecule has 5 aliphatic rings. The Morgan fingerprint density at radius 2 is 1.52 bits per heavy atom. The van der Waals surface area contributed by atoms with E-state index in [1.807, 2.05) is 29.2 Å². The quantitative estimate of drug-likeness (QED) is 0.283. The number of carbonyl (C=O) groups excluding carboxylic acids is 3. The molecule has 2 aromatic carbocycles. The molecular weight excluding hydrogens is 679 g/mol. The van der Waals surface area contributed by atoms with Crippen molar-refractivity contribution < 1.29 is 27.5 Å². The van der Waals surface area contributed by atoms with Crippen LogP contribution in [0.4, 0.5) is 4.79 Å². The molecule has 3 saturated carbocycles. The Kier molecular flexibility index (Phi) is 8.43. The summed E-state index contributed by atoms with van der Waals surface area (Å²) in [6.07, 6.45) is 9.24. The van der Waals surface area contributed by atoms with Crippen LogP contribution in [0.1, 0.15) is 93.5 Å². The molecular formula is C40H51N5O6S. The van der Waals surface area contributed by atoms with Crippen LogP contribution in [-0.4, -0.2) is 86.2 Å². The summed E-state index contributed by atoms with van der Waals surface area (Å²) in [6, 6.07) is 13.6. The molecule has 2 saturated heterocycles. The molecule has 8 rings (SSSR count). The predicted octanol–water partition coefficient (Wildman–Crippen LogP) is 5.88. The lowest BCUT2D eigenvalue weighted by molar-refractivity contribution is -0.137. The molecule has 2 atom stereocenters. The number of likely N-dealkylation sites (tertiary alicyclic amines) is 2. The topological polar surface area (TPSA) is 130 Å². The monoisotopic (exact) mass is 729 g/mol. The van der Waals surface area contributed by atoms with E-state index in [9.17, 15) is 22.8 Å². The van der Waals surface area contributed by atoms with Gasteiger partial charge in [-0.3, -0.25) is 9.59 Å². The van der Waals surface area contributed by atoms with E-state index in [-0.39, 0.29) is 28.3 Å². The Morgan fingerprint density at radius 3 is 2.08 bits per heavy atom. The molecule has 5 fully saturated rings. The van der Waals surface area contributed by atoms with E-state index in [4.69, 9.17) is 4.74 Å². The lowest BCUT2D eigenvalue weighted by Crippen LogP contribution is -2.49. The number of benzene rings is 2. The Balaban J connectivity index is 1.21. The zero-order valence-corrected chi connectivity index (χ0v) is 31.6. The minimum Gasteiger partial charge on any atom is -0.497 e. The molecule has 1 aromatic heterocycles. The molecule has 12 heteroatoms. The zero-order chi connectivity index (χ0) is 36.6. The largest absolute Gasteiger partial charge is 0.497 e. The third-order valence-electron chi connectivity index (χ3n) is 13.3. The predicted molar refractivity (Wildman–Crippen MR) is 200 cm³/mol. The van der Waals surface area contributed by atoms with Gasteiger partial charge in [0.25, 0.3) is 5.91 Å². The van der Waals surface area contributed by atoms with Crippen molar-refractivity contribution in [1.29, 1.82) is 0 Å². The first kappa shape index (κ1) is 35.0. The molecule has 3 heterocycles. The van der Waals surface area contributed by atoms with E-state index in [1.165, 1.54) is 12.0 Å².